The van der Waals surface area contributed by atoms with Crippen molar-refractivity contribution in [3.05, 3.63) is 71.2 Å². The molecule has 0 atom stereocenters. The first-order valence-corrected chi connectivity index (χ1v) is 10.3. The van der Waals surface area contributed by atoms with Crippen LogP contribution in [0, 0.1) is 0 Å². The second kappa shape index (κ2) is 9.07. The van der Waals surface area contributed by atoms with Gasteiger partial charge in [0.1, 0.15) is 5.82 Å². The predicted molar refractivity (Wildman–Crippen MR) is 117 cm³/mol. The molecule has 0 radical (unpaired) electrons. The Kier molecular flexibility index (Phi) is 6.07. The number of nitrogens with zero attached hydrogens (tertiary/aromatic N) is 2. The average molecular weight is 393 g/mol. The first-order valence-electron chi connectivity index (χ1n) is 9.96. The van der Waals surface area contributed by atoms with Gasteiger partial charge in [-0.25, -0.2) is 4.98 Å². The molecule has 28 heavy (non-hydrogen) atoms. The molecule has 1 aliphatic rings. The van der Waals surface area contributed by atoms with E-state index < -0.39 is 0 Å². The maximum Gasteiger partial charge on any atom is 0.225 e. The van der Waals surface area contributed by atoms with Crippen molar-refractivity contribution in [2.45, 2.75) is 44.7 Å². The van der Waals surface area contributed by atoms with Crippen molar-refractivity contribution in [2.24, 2.45) is 0 Å². The fourth-order valence-electron chi connectivity index (χ4n) is 3.58. The van der Waals surface area contributed by atoms with Gasteiger partial charge in [0.15, 0.2) is 0 Å². The molecule has 0 aliphatic heterocycles. The molecule has 0 saturated heterocycles. The maximum atomic E-state index is 5.98. The molecule has 1 fully saturated rings. The molecule has 4 rings (SSSR count). The zero-order valence-electron chi connectivity index (χ0n) is 15.9. The normalized spacial score (nSPS) is 14.6. The van der Waals surface area contributed by atoms with Gasteiger partial charge in [0.2, 0.25) is 5.95 Å². The molecule has 0 spiro atoms. The Hall–Kier alpha value is -2.59. The highest BCUT2D eigenvalue weighted by Gasteiger charge is 2.15. The zero-order valence-corrected chi connectivity index (χ0v) is 16.6. The van der Waals surface area contributed by atoms with Crippen LogP contribution in [0.15, 0.2) is 60.7 Å². The average Bonchev–Trinajstić information content (AvgIpc) is 2.75. The molecule has 4 nitrogen and oxygen atoms in total. The van der Waals surface area contributed by atoms with E-state index in [1.807, 2.05) is 48.5 Å². The molecule has 5 heteroatoms. The number of benzene rings is 2. The van der Waals surface area contributed by atoms with Gasteiger partial charge in [-0.2, -0.15) is 4.98 Å². The Labute approximate surface area is 171 Å². The quantitative estimate of drug-likeness (QED) is 0.527. The standard InChI is InChI=1S/C23H25ClN4/c24-19-13-11-17(12-14-19)16-25-22-15-21(18-7-3-1-4-8-18)27-23(28-22)26-20-9-5-2-6-10-20/h1,3-4,7-8,11-15,20H,2,5-6,9-10,16H2,(H2,25,26,27,28). The SMILES string of the molecule is Clc1ccc(CNc2cc(-c3ccccc3)nc(NC3CCCCC3)n2)cc1. The molecule has 2 aromatic carbocycles. The molecule has 1 aromatic heterocycles. The number of anilines is 2. The van der Waals surface area contributed by atoms with Crippen LogP contribution in [0.2, 0.25) is 5.02 Å². The van der Waals surface area contributed by atoms with E-state index in [4.69, 9.17) is 21.6 Å². The lowest BCUT2D eigenvalue weighted by atomic mass is 9.96. The first-order chi connectivity index (χ1) is 13.8. The van der Waals surface area contributed by atoms with Crippen LogP contribution in [0.25, 0.3) is 11.3 Å². The lowest BCUT2D eigenvalue weighted by Gasteiger charge is -2.23. The highest BCUT2D eigenvalue weighted by molar-refractivity contribution is 6.30. The summed E-state index contributed by atoms with van der Waals surface area (Å²) in [6.45, 7) is 0.686. The number of aromatic nitrogens is 2. The minimum atomic E-state index is 0.462. The summed E-state index contributed by atoms with van der Waals surface area (Å²) in [5.74, 6) is 1.52. The maximum absolute atomic E-state index is 5.98. The molecule has 1 aliphatic carbocycles. The van der Waals surface area contributed by atoms with Crippen molar-refractivity contribution in [2.75, 3.05) is 10.6 Å². The van der Waals surface area contributed by atoms with E-state index in [1.165, 1.54) is 32.1 Å². The van der Waals surface area contributed by atoms with Gasteiger partial charge >= 0.3 is 0 Å². The first kappa shape index (κ1) is 18.8. The predicted octanol–water partition coefficient (Wildman–Crippen LogP) is 6.15. The summed E-state index contributed by atoms with van der Waals surface area (Å²) < 4.78 is 0. The van der Waals surface area contributed by atoms with Crippen LogP contribution in [0.3, 0.4) is 0 Å². The lowest BCUT2D eigenvalue weighted by molar-refractivity contribution is 0.461. The Morgan fingerprint density at radius 3 is 2.39 bits per heavy atom. The summed E-state index contributed by atoms with van der Waals surface area (Å²) in [5, 5.41) is 7.74. The molecule has 0 unspecified atom stereocenters. The van der Waals surface area contributed by atoms with Crippen LogP contribution in [0.1, 0.15) is 37.7 Å². The topological polar surface area (TPSA) is 49.8 Å². The highest BCUT2D eigenvalue weighted by atomic mass is 35.5. The highest BCUT2D eigenvalue weighted by Crippen LogP contribution is 2.25. The Balaban J connectivity index is 1.56. The van der Waals surface area contributed by atoms with Gasteiger partial charge < -0.3 is 10.6 Å². The van der Waals surface area contributed by atoms with Crippen LogP contribution in [0.4, 0.5) is 11.8 Å². The van der Waals surface area contributed by atoms with Crippen LogP contribution < -0.4 is 10.6 Å². The van der Waals surface area contributed by atoms with E-state index in [0.29, 0.717) is 18.5 Å². The summed E-state index contributed by atoms with van der Waals surface area (Å²) in [4.78, 5) is 9.51. The van der Waals surface area contributed by atoms with Gasteiger partial charge in [0.05, 0.1) is 5.69 Å². The van der Waals surface area contributed by atoms with Crippen molar-refractivity contribution < 1.29 is 0 Å². The fraction of sp³-hybridized carbons (Fsp3) is 0.304. The monoisotopic (exact) mass is 392 g/mol. The van der Waals surface area contributed by atoms with Gasteiger partial charge in [-0.05, 0) is 30.5 Å². The lowest BCUT2D eigenvalue weighted by Crippen LogP contribution is -2.23. The van der Waals surface area contributed by atoms with Crippen LogP contribution in [-0.2, 0) is 6.54 Å². The van der Waals surface area contributed by atoms with Crippen molar-refractivity contribution >= 4 is 23.4 Å². The summed E-state index contributed by atoms with van der Waals surface area (Å²) in [5.41, 5.74) is 3.17. The minimum Gasteiger partial charge on any atom is -0.366 e. The third-order valence-electron chi connectivity index (χ3n) is 5.12. The second-order valence-electron chi connectivity index (χ2n) is 7.29. The number of rotatable bonds is 6. The van der Waals surface area contributed by atoms with Crippen LogP contribution >= 0.6 is 11.6 Å². The molecule has 1 saturated carbocycles. The van der Waals surface area contributed by atoms with Crippen LogP contribution in [-0.4, -0.2) is 16.0 Å². The third kappa shape index (κ3) is 5.02. The second-order valence-corrected chi connectivity index (χ2v) is 7.72. The van der Waals surface area contributed by atoms with E-state index in [9.17, 15) is 0 Å². The molecule has 3 aromatic rings. The molecule has 1 heterocycles. The summed E-state index contributed by atoms with van der Waals surface area (Å²) >= 11 is 5.98. The van der Waals surface area contributed by atoms with E-state index in [-0.39, 0.29) is 0 Å². The van der Waals surface area contributed by atoms with E-state index in [2.05, 4.69) is 22.8 Å². The molecule has 144 valence electrons. The largest absolute Gasteiger partial charge is 0.366 e. The minimum absolute atomic E-state index is 0.462. The fourth-order valence-corrected chi connectivity index (χ4v) is 3.71. The van der Waals surface area contributed by atoms with Gasteiger partial charge in [0.25, 0.3) is 0 Å². The summed E-state index contributed by atoms with van der Waals surface area (Å²) in [6, 6.07) is 20.6. The van der Waals surface area contributed by atoms with Crippen molar-refractivity contribution in [1.29, 1.82) is 0 Å². The van der Waals surface area contributed by atoms with Gasteiger partial charge in [-0.3, -0.25) is 0 Å². The molecular formula is C23H25ClN4. The summed E-state index contributed by atoms with van der Waals surface area (Å²) in [6.07, 6.45) is 6.26. The van der Waals surface area contributed by atoms with Crippen molar-refractivity contribution in [1.82, 2.24) is 9.97 Å². The third-order valence-corrected chi connectivity index (χ3v) is 5.37. The molecule has 0 amide bonds. The number of hydrogen-bond acceptors (Lipinski definition) is 4. The van der Waals surface area contributed by atoms with Crippen molar-refractivity contribution in [3.63, 3.8) is 0 Å². The summed E-state index contributed by atoms with van der Waals surface area (Å²) in [7, 11) is 0. The van der Waals surface area contributed by atoms with Gasteiger partial charge in [0, 0.05) is 29.2 Å². The molecule has 2 N–H and O–H groups in total. The Morgan fingerprint density at radius 1 is 0.893 bits per heavy atom. The van der Waals surface area contributed by atoms with Gasteiger partial charge in [-0.15, -0.1) is 0 Å². The Morgan fingerprint density at radius 2 is 1.64 bits per heavy atom. The number of halogens is 1. The van der Waals surface area contributed by atoms with E-state index in [1.54, 1.807) is 0 Å². The van der Waals surface area contributed by atoms with Crippen LogP contribution in [0.5, 0.6) is 0 Å². The zero-order chi connectivity index (χ0) is 19.2. The van der Waals surface area contributed by atoms with E-state index in [0.717, 1.165) is 27.7 Å². The van der Waals surface area contributed by atoms with Crippen molar-refractivity contribution in [3.8, 4) is 11.3 Å². The van der Waals surface area contributed by atoms with E-state index >= 15 is 0 Å². The Bertz CT molecular complexity index is 890. The number of hydrogen-bond donors (Lipinski definition) is 2. The smallest absolute Gasteiger partial charge is 0.225 e. The molecular weight excluding hydrogens is 368 g/mol. The van der Waals surface area contributed by atoms with Gasteiger partial charge in [-0.1, -0.05) is 73.3 Å². The molecule has 0 bridgehead atoms. The number of nitrogens with one attached hydrogen (secondary N) is 2.